The van der Waals surface area contributed by atoms with E-state index < -0.39 is 12.5 Å². The fourth-order valence-corrected chi connectivity index (χ4v) is 5.33. The van der Waals surface area contributed by atoms with Gasteiger partial charge in [-0.05, 0) is 37.7 Å². The normalized spacial score (nSPS) is 21.7. The summed E-state index contributed by atoms with van der Waals surface area (Å²) in [6, 6.07) is 10.5. The van der Waals surface area contributed by atoms with E-state index in [4.69, 9.17) is 0 Å². The molecule has 0 spiro atoms. The lowest BCUT2D eigenvalue weighted by Crippen LogP contribution is -2.44. The number of piperidine rings is 1. The van der Waals surface area contributed by atoms with Crippen LogP contribution in [0.1, 0.15) is 32.6 Å². The van der Waals surface area contributed by atoms with Crippen molar-refractivity contribution in [3.8, 4) is 11.4 Å². The van der Waals surface area contributed by atoms with Crippen molar-refractivity contribution in [2.75, 3.05) is 24.5 Å². The molecule has 0 saturated carbocycles. The summed E-state index contributed by atoms with van der Waals surface area (Å²) in [5.74, 6) is 0.965. The molecule has 0 radical (unpaired) electrons. The predicted molar refractivity (Wildman–Crippen MR) is 132 cm³/mol. The van der Waals surface area contributed by atoms with Crippen LogP contribution in [0, 0.1) is 5.92 Å². The van der Waals surface area contributed by atoms with Crippen molar-refractivity contribution in [2.45, 2.75) is 51.1 Å². The van der Waals surface area contributed by atoms with Crippen molar-refractivity contribution in [1.82, 2.24) is 25.3 Å². The topological polar surface area (TPSA) is 68.1 Å². The van der Waals surface area contributed by atoms with Gasteiger partial charge in [-0.1, -0.05) is 42.8 Å². The minimum absolute atomic E-state index is 0.0678. The molecule has 2 unspecified atom stereocenters. The highest BCUT2D eigenvalue weighted by molar-refractivity contribution is 5.99. The summed E-state index contributed by atoms with van der Waals surface area (Å²) in [6.45, 7) is 4.39. The maximum absolute atomic E-state index is 12.5. The van der Waals surface area contributed by atoms with Crippen LogP contribution in [0.25, 0.3) is 22.2 Å². The van der Waals surface area contributed by atoms with Gasteiger partial charge in [0.25, 0.3) is 0 Å². The van der Waals surface area contributed by atoms with E-state index in [9.17, 15) is 13.2 Å². The predicted octanol–water partition coefficient (Wildman–Crippen LogP) is 4.85. The standard InChI is InChI=1S/C26H31F3N6O/c1-17-15-20(36-26(27,28)29)8-7-18(17)16-30-19-10-13-35(14-11-19)25-22-6-4-3-5-21(22)24(32-33-25)23-9-12-31-34(23)2/h3-7,9,12,17,19-20,30H,8,10-11,13-16H2,1-2H3. The first kappa shape index (κ1) is 24.7. The molecule has 1 N–H and O–H groups in total. The molecule has 0 bridgehead atoms. The van der Waals surface area contributed by atoms with E-state index in [1.165, 1.54) is 5.57 Å². The number of fused-ring (bicyclic) bond motifs is 1. The Morgan fingerprint density at radius 2 is 1.83 bits per heavy atom. The second kappa shape index (κ2) is 10.2. The molecule has 3 aromatic rings. The number of hydrogen-bond acceptors (Lipinski definition) is 6. The van der Waals surface area contributed by atoms with E-state index in [-0.39, 0.29) is 5.92 Å². The van der Waals surface area contributed by atoms with Gasteiger partial charge in [0.2, 0.25) is 0 Å². The smallest absolute Gasteiger partial charge is 0.354 e. The molecular weight excluding hydrogens is 469 g/mol. The number of halogens is 3. The minimum atomic E-state index is -4.57. The summed E-state index contributed by atoms with van der Waals surface area (Å²) < 4.78 is 43.6. The lowest BCUT2D eigenvalue weighted by Gasteiger charge is -2.35. The lowest BCUT2D eigenvalue weighted by atomic mass is 9.87. The molecule has 5 rings (SSSR count). The van der Waals surface area contributed by atoms with Crippen LogP contribution in [0.2, 0.25) is 0 Å². The first-order valence-corrected chi connectivity index (χ1v) is 12.4. The molecule has 2 aromatic heterocycles. The van der Waals surface area contributed by atoms with Crippen molar-refractivity contribution in [2.24, 2.45) is 13.0 Å². The third kappa shape index (κ3) is 5.39. The zero-order valence-electron chi connectivity index (χ0n) is 20.5. The highest BCUT2D eigenvalue weighted by atomic mass is 19.4. The van der Waals surface area contributed by atoms with Crippen molar-refractivity contribution in [3.05, 3.63) is 48.2 Å². The third-order valence-corrected chi connectivity index (χ3v) is 7.31. The second-order valence-electron chi connectivity index (χ2n) is 9.74. The molecular formula is C26H31F3N6O. The number of aromatic nitrogens is 4. The van der Waals surface area contributed by atoms with Gasteiger partial charge < -0.3 is 10.2 Å². The van der Waals surface area contributed by atoms with E-state index in [0.29, 0.717) is 25.4 Å². The highest BCUT2D eigenvalue weighted by Crippen LogP contribution is 2.33. The molecule has 10 heteroatoms. The van der Waals surface area contributed by atoms with Crippen LogP contribution in [-0.2, 0) is 11.8 Å². The Labute approximate surface area is 208 Å². The van der Waals surface area contributed by atoms with Gasteiger partial charge in [-0.15, -0.1) is 23.4 Å². The number of rotatable bonds is 6. The monoisotopic (exact) mass is 500 g/mol. The number of ether oxygens (including phenoxy) is 1. The summed E-state index contributed by atoms with van der Waals surface area (Å²) >= 11 is 0. The summed E-state index contributed by atoms with van der Waals surface area (Å²) in [6.07, 6.45) is 0.936. The van der Waals surface area contributed by atoms with Gasteiger partial charge >= 0.3 is 6.36 Å². The summed E-state index contributed by atoms with van der Waals surface area (Å²) in [7, 11) is 1.90. The van der Waals surface area contributed by atoms with E-state index >= 15 is 0 Å². The number of nitrogens with zero attached hydrogens (tertiary/aromatic N) is 5. The molecule has 1 aliphatic heterocycles. The van der Waals surface area contributed by atoms with Crippen LogP contribution in [0.5, 0.6) is 0 Å². The Morgan fingerprint density at radius 3 is 2.50 bits per heavy atom. The SMILES string of the molecule is CC1CC(OC(F)(F)F)CC=C1CNC1CCN(c2nnc(-c3ccnn3C)c3ccccc23)CC1. The highest BCUT2D eigenvalue weighted by Gasteiger charge is 2.35. The van der Waals surface area contributed by atoms with Gasteiger partial charge in [0.05, 0.1) is 11.8 Å². The number of hydrogen-bond donors (Lipinski definition) is 1. The molecule has 1 aliphatic carbocycles. The van der Waals surface area contributed by atoms with Crippen LogP contribution >= 0.6 is 0 Å². The van der Waals surface area contributed by atoms with Crippen LogP contribution in [0.4, 0.5) is 19.0 Å². The van der Waals surface area contributed by atoms with Crippen LogP contribution in [0.15, 0.2) is 48.2 Å². The van der Waals surface area contributed by atoms with Crippen molar-refractivity contribution >= 4 is 16.6 Å². The third-order valence-electron chi connectivity index (χ3n) is 7.31. The van der Waals surface area contributed by atoms with Gasteiger partial charge in [0.15, 0.2) is 5.82 Å². The van der Waals surface area contributed by atoms with Crippen LogP contribution in [0.3, 0.4) is 0 Å². The molecule has 1 saturated heterocycles. The number of anilines is 1. The average Bonchev–Trinajstić information content (AvgIpc) is 3.28. The van der Waals surface area contributed by atoms with E-state index in [1.807, 2.05) is 38.2 Å². The molecule has 2 aliphatic rings. The number of nitrogens with one attached hydrogen (secondary N) is 1. The van der Waals surface area contributed by atoms with E-state index in [0.717, 1.165) is 53.9 Å². The minimum Gasteiger partial charge on any atom is -0.354 e. The van der Waals surface area contributed by atoms with Gasteiger partial charge in [0.1, 0.15) is 5.69 Å². The Hall–Kier alpha value is -2.98. The van der Waals surface area contributed by atoms with Crippen molar-refractivity contribution in [1.29, 1.82) is 0 Å². The maximum atomic E-state index is 12.5. The van der Waals surface area contributed by atoms with E-state index in [1.54, 1.807) is 10.9 Å². The first-order chi connectivity index (χ1) is 17.3. The lowest BCUT2D eigenvalue weighted by molar-refractivity contribution is -0.343. The fourth-order valence-electron chi connectivity index (χ4n) is 5.33. The molecule has 192 valence electrons. The molecule has 36 heavy (non-hydrogen) atoms. The summed E-state index contributed by atoms with van der Waals surface area (Å²) in [5.41, 5.74) is 2.92. The van der Waals surface area contributed by atoms with Crippen molar-refractivity contribution in [3.63, 3.8) is 0 Å². The maximum Gasteiger partial charge on any atom is 0.522 e. The Morgan fingerprint density at radius 1 is 1.08 bits per heavy atom. The summed E-state index contributed by atoms with van der Waals surface area (Å²) in [5, 5.41) is 19.2. The molecule has 0 amide bonds. The van der Waals surface area contributed by atoms with Gasteiger partial charge in [-0.3, -0.25) is 9.42 Å². The Kier molecular flexibility index (Phi) is 6.98. The van der Waals surface area contributed by atoms with E-state index in [2.05, 4.69) is 42.4 Å². The van der Waals surface area contributed by atoms with Gasteiger partial charge in [-0.25, -0.2) is 0 Å². The quantitative estimate of drug-likeness (QED) is 0.488. The zero-order valence-corrected chi connectivity index (χ0v) is 20.5. The van der Waals surface area contributed by atoms with Crippen LogP contribution < -0.4 is 10.2 Å². The van der Waals surface area contributed by atoms with Gasteiger partial charge in [0, 0.05) is 49.7 Å². The average molecular weight is 501 g/mol. The molecule has 7 nitrogen and oxygen atoms in total. The molecule has 1 fully saturated rings. The molecule has 1 aromatic carbocycles. The number of aryl methyl sites for hydroxylation is 1. The Bertz CT molecular complexity index is 1230. The molecule has 2 atom stereocenters. The van der Waals surface area contributed by atoms with Crippen LogP contribution in [-0.4, -0.2) is 58.1 Å². The first-order valence-electron chi connectivity index (χ1n) is 12.4. The second-order valence-corrected chi connectivity index (χ2v) is 9.74. The largest absolute Gasteiger partial charge is 0.522 e. The summed E-state index contributed by atoms with van der Waals surface area (Å²) in [4.78, 5) is 2.29. The Balaban J connectivity index is 1.20. The molecule has 3 heterocycles. The van der Waals surface area contributed by atoms with Crippen molar-refractivity contribution < 1.29 is 17.9 Å². The van der Waals surface area contributed by atoms with Gasteiger partial charge in [-0.2, -0.15) is 5.10 Å². The zero-order chi connectivity index (χ0) is 25.3. The number of alkyl halides is 3. The fraction of sp³-hybridized carbons (Fsp3) is 0.500. The number of benzene rings is 1.